The zero-order valence-electron chi connectivity index (χ0n) is 17.1. The Bertz CT molecular complexity index is 1040. The van der Waals surface area contributed by atoms with Crippen LogP contribution in [0.15, 0.2) is 48.5 Å². The zero-order valence-corrected chi connectivity index (χ0v) is 18.6. The lowest BCUT2D eigenvalue weighted by Gasteiger charge is -2.35. The predicted octanol–water partition coefficient (Wildman–Crippen LogP) is 4.52. The highest BCUT2D eigenvalue weighted by molar-refractivity contribution is 6.35. The molecule has 1 aromatic heterocycles. The van der Waals surface area contributed by atoms with Crippen LogP contribution in [-0.4, -0.2) is 45.8 Å². The van der Waals surface area contributed by atoms with Gasteiger partial charge in [0, 0.05) is 49.8 Å². The Kier molecular flexibility index (Phi) is 5.21. The summed E-state index contributed by atoms with van der Waals surface area (Å²) in [6.07, 6.45) is 2.28. The molecule has 0 amide bonds. The number of hydrogen-bond donors (Lipinski definition) is 0. The monoisotopic (exact) mass is 441 g/mol. The second-order valence-electron chi connectivity index (χ2n) is 8.33. The van der Waals surface area contributed by atoms with Gasteiger partial charge < -0.3 is 4.90 Å². The van der Waals surface area contributed by atoms with Crippen LogP contribution in [0.4, 0.5) is 5.95 Å². The molecule has 2 aliphatic rings. The minimum Gasteiger partial charge on any atom is -0.338 e. The molecular formula is C23H25Cl2N5. The smallest absolute Gasteiger partial charge is 0.227 e. The number of rotatable bonds is 5. The van der Waals surface area contributed by atoms with E-state index < -0.39 is 0 Å². The quantitative estimate of drug-likeness (QED) is 0.582. The molecule has 5 rings (SSSR count). The van der Waals surface area contributed by atoms with E-state index in [2.05, 4.69) is 61.9 Å². The van der Waals surface area contributed by atoms with E-state index in [9.17, 15) is 0 Å². The molecule has 1 saturated heterocycles. The molecule has 0 unspecified atom stereocenters. The maximum atomic E-state index is 6.35. The molecule has 0 bridgehead atoms. The van der Waals surface area contributed by atoms with Crippen molar-refractivity contribution in [3.05, 3.63) is 75.5 Å². The molecular weight excluding hydrogens is 417 g/mol. The first kappa shape index (κ1) is 19.9. The van der Waals surface area contributed by atoms with E-state index in [1.807, 2.05) is 18.2 Å². The molecule has 2 heterocycles. The third kappa shape index (κ3) is 3.59. The van der Waals surface area contributed by atoms with E-state index in [1.165, 1.54) is 5.56 Å². The summed E-state index contributed by atoms with van der Waals surface area (Å²) in [5.74, 6) is 2.05. The molecule has 2 fully saturated rings. The number of anilines is 1. The van der Waals surface area contributed by atoms with Crippen molar-refractivity contribution in [2.24, 2.45) is 7.05 Å². The molecule has 5 nitrogen and oxygen atoms in total. The second-order valence-corrected chi connectivity index (χ2v) is 9.17. The van der Waals surface area contributed by atoms with Gasteiger partial charge in [-0.1, -0.05) is 59.6 Å². The van der Waals surface area contributed by atoms with Crippen molar-refractivity contribution >= 4 is 29.2 Å². The lowest BCUT2D eigenvalue weighted by Crippen LogP contribution is -2.46. The molecule has 156 valence electrons. The SMILES string of the molecule is Cn1c(N2CCN(Cc3ccc(Cl)cc3Cl)CC2)nnc1C1(c2ccccc2)CC1. The molecule has 1 saturated carbocycles. The summed E-state index contributed by atoms with van der Waals surface area (Å²) in [4.78, 5) is 4.77. The Balaban J connectivity index is 1.27. The number of halogens is 2. The number of nitrogens with zero attached hydrogens (tertiary/aromatic N) is 5. The van der Waals surface area contributed by atoms with Gasteiger partial charge in [0.1, 0.15) is 5.82 Å². The van der Waals surface area contributed by atoms with Gasteiger partial charge >= 0.3 is 0 Å². The van der Waals surface area contributed by atoms with Gasteiger partial charge in [0.05, 0.1) is 5.41 Å². The molecule has 3 aromatic rings. The van der Waals surface area contributed by atoms with Crippen LogP contribution in [0, 0.1) is 0 Å². The van der Waals surface area contributed by atoms with Crippen LogP contribution < -0.4 is 4.90 Å². The van der Waals surface area contributed by atoms with Crippen molar-refractivity contribution in [2.75, 3.05) is 31.1 Å². The lowest BCUT2D eigenvalue weighted by atomic mass is 9.95. The maximum Gasteiger partial charge on any atom is 0.227 e. The molecule has 7 heteroatoms. The first-order chi connectivity index (χ1) is 14.6. The molecule has 0 atom stereocenters. The first-order valence-corrected chi connectivity index (χ1v) is 11.2. The van der Waals surface area contributed by atoms with Gasteiger partial charge in [-0.25, -0.2) is 0 Å². The van der Waals surface area contributed by atoms with Gasteiger partial charge in [0.25, 0.3) is 0 Å². The Labute approximate surface area is 187 Å². The maximum absolute atomic E-state index is 6.35. The molecule has 30 heavy (non-hydrogen) atoms. The van der Waals surface area contributed by atoms with E-state index in [-0.39, 0.29) is 5.41 Å². The Morgan fingerprint density at radius 3 is 2.33 bits per heavy atom. The van der Waals surface area contributed by atoms with Gasteiger partial charge in [0.15, 0.2) is 0 Å². The van der Waals surface area contributed by atoms with Crippen molar-refractivity contribution in [3.63, 3.8) is 0 Å². The fourth-order valence-electron chi connectivity index (χ4n) is 4.53. The molecule has 0 spiro atoms. The molecule has 1 aliphatic carbocycles. The molecule has 2 aromatic carbocycles. The van der Waals surface area contributed by atoms with Crippen LogP contribution in [0.2, 0.25) is 10.0 Å². The minimum absolute atomic E-state index is 0.0361. The fourth-order valence-corrected chi connectivity index (χ4v) is 5.00. The summed E-state index contributed by atoms with van der Waals surface area (Å²) >= 11 is 12.4. The number of aromatic nitrogens is 3. The molecule has 0 N–H and O–H groups in total. The van der Waals surface area contributed by atoms with Gasteiger partial charge in [-0.15, -0.1) is 10.2 Å². The highest BCUT2D eigenvalue weighted by Crippen LogP contribution is 2.52. The standard InChI is InChI=1S/C23H25Cl2N5/c1-28-21(23(9-10-23)18-5-3-2-4-6-18)26-27-22(28)30-13-11-29(12-14-30)16-17-7-8-19(24)15-20(17)25/h2-8,15H,9-14,16H2,1H3. The van der Waals surface area contributed by atoms with Crippen LogP contribution in [0.5, 0.6) is 0 Å². The summed E-state index contributed by atoms with van der Waals surface area (Å²) in [6, 6.07) is 16.4. The van der Waals surface area contributed by atoms with Crippen LogP contribution in [0.1, 0.15) is 29.8 Å². The largest absolute Gasteiger partial charge is 0.338 e. The minimum atomic E-state index is 0.0361. The summed E-state index contributed by atoms with van der Waals surface area (Å²) < 4.78 is 2.20. The fraction of sp³-hybridized carbons (Fsp3) is 0.391. The van der Waals surface area contributed by atoms with Gasteiger partial charge in [-0.2, -0.15) is 0 Å². The summed E-state index contributed by atoms with van der Waals surface area (Å²) in [7, 11) is 2.10. The predicted molar refractivity (Wildman–Crippen MR) is 121 cm³/mol. The topological polar surface area (TPSA) is 37.2 Å². The Hall–Kier alpha value is -2.08. The highest BCUT2D eigenvalue weighted by atomic mass is 35.5. The van der Waals surface area contributed by atoms with Crippen molar-refractivity contribution in [3.8, 4) is 0 Å². The average Bonchev–Trinajstić information content (AvgIpc) is 3.48. The normalized spacial score (nSPS) is 18.6. The van der Waals surface area contributed by atoms with E-state index in [0.717, 1.165) is 67.9 Å². The van der Waals surface area contributed by atoms with Gasteiger partial charge in [-0.05, 0) is 36.1 Å². The van der Waals surface area contributed by atoms with Crippen molar-refractivity contribution in [1.82, 2.24) is 19.7 Å². The Morgan fingerprint density at radius 2 is 1.67 bits per heavy atom. The van der Waals surface area contributed by atoms with Crippen LogP contribution in [0.3, 0.4) is 0 Å². The third-order valence-electron chi connectivity index (χ3n) is 6.42. The van der Waals surface area contributed by atoms with Crippen LogP contribution >= 0.6 is 23.2 Å². The third-order valence-corrected chi connectivity index (χ3v) is 7.01. The van der Waals surface area contributed by atoms with E-state index in [4.69, 9.17) is 23.2 Å². The molecule has 1 aliphatic heterocycles. The van der Waals surface area contributed by atoms with Crippen molar-refractivity contribution < 1.29 is 0 Å². The Morgan fingerprint density at radius 1 is 0.933 bits per heavy atom. The number of hydrogen-bond acceptors (Lipinski definition) is 4. The average molecular weight is 442 g/mol. The van der Waals surface area contributed by atoms with Crippen LogP contribution in [0.25, 0.3) is 0 Å². The van der Waals surface area contributed by atoms with Gasteiger partial charge in [0.2, 0.25) is 5.95 Å². The lowest BCUT2D eigenvalue weighted by molar-refractivity contribution is 0.248. The number of piperazine rings is 1. The van der Waals surface area contributed by atoms with Crippen molar-refractivity contribution in [2.45, 2.75) is 24.8 Å². The van der Waals surface area contributed by atoms with E-state index in [1.54, 1.807) is 0 Å². The van der Waals surface area contributed by atoms with Crippen LogP contribution in [-0.2, 0) is 19.0 Å². The van der Waals surface area contributed by atoms with E-state index in [0.29, 0.717) is 5.02 Å². The zero-order chi connectivity index (χ0) is 20.7. The molecule has 0 radical (unpaired) electrons. The summed E-state index contributed by atoms with van der Waals surface area (Å²) in [5, 5.41) is 10.6. The highest BCUT2D eigenvalue weighted by Gasteiger charge is 2.50. The number of benzene rings is 2. The van der Waals surface area contributed by atoms with E-state index >= 15 is 0 Å². The summed E-state index contributed by atoms with van der Waals surface area (Å²) in [5.41, 5.74) is 2.50. The summed E-state index contributed by atoms with van der Waals surface area (Å²) in [6.45, 7) is 4.62. The first-order valence-electron chi connectivity index (χ1n) is 10.4. The van der Waals surface area contributed by atoms with Crippen molar-refractivity contribution in [1.29, 1.82) is 0 Å². The second kappa shape index (κ2) is 7.88. The van der Waals surface area contributed by atoms with Gasteiger partial charge in [-0.3, -0.25) is 9.47 Å².